The van der Waals surface area contributed by atoms with Crippen LogP contribution in [0.2, 0.25) is 0 Å². The first-order chi connectivity index (χ1) is 6.75. The Hall–Kier alpha value is -1.57. The molecule has 0 saturated carbocycles. The summed E-state index contributed by atoms with van der Waals surface area (Å²) < 4.78 is 0. The van der Waals surface area contributed by atoms with E-state index in [2.05, 4.69) is 6.58 Å². The third-order valence-electron chi connectivity index (χ3n) is 2.04. The molecule has 0 atom stereocenters. The van der Waals surface area contributed by atoms with Crippen molar-refractivity contribution in [3.05, 3.63) is 48.6 Å². The summed E-state index contributed by atoms with van der Waals surface area (Å²) >= 11 is 0. The summed E-state index contributed by atoms with van der Waals surface area (Å²) in [6.07, 6.45) is 2.64. The molecule has 0 heterocycles. The minimum atomic E-state index is 0.0625. The second-order valence-electron chi connectivity index (χ2n) is 3.17. The Kier molecular flexibility index (Phi) is 3.92. The van der Waals surface area contributed by atoms with E-state index >= 15 is 0 Å². The van der Waals surface area contributed by atoms with Gasteiger partial charge in [0.25, 0.3) is 5.91 Å². The molecule has 1 amide bonds. The van der Waals surface area contributed by atoms with E-state index in [-0.39, 0.29) is 5.91 Å². The molecule has 0 radical (unpaired) electrons. The van der Waals surface area contributed by atoms with E-state index in [0.717, 1.165) is 18.5 Å². The number of rotatable bonds is 4. The first-order valence-electron chi connectivity index (χ1n) is 4.67. The van der Waals surface area contributed by atoms with E-state index in [9.17, 15) is 4.79 Å². The van der Waals surface area contributed by atoms with Crippen molar-refractivity contribution in [3.8, 4) is 0 Å². The maximum Gasteiger partial charge on any atom is 0.253 e. The molecule has 0 unspecified atom stereocenters. The predicted octanol–water partition coefficient (Wildman–Crippen LogP) is 2.33. The number of nitrogens with zero attached hydrogens (tertiary/aromatic N) is 1. The Labute approximate surface area is 84.9 Å². The number of hydrogen-bond donors (Lipinski definition) is 0. The standard InChI is InChI=1S/C12H15NO/c1-3-4-10-13(2)12(14)11-8-6-5-7-9-11/h3,5-9H,1,4,10H2,2H3. The van der Waals surface area contributed by atoms with Crippen LogP contribution >= 0.6 is 0 Å². The van der Waals surface area contributed by atoms with Crippen molar-refractivity contribution in [1.29, 1.82) is 0 Å². The van der Waals surface area contributed by atoms with Crippen LogP contribution in [-0.4, -0.2) is 24.4 Å². The Balaban J connectivity index is 2.61. The van der Waals surface area contributed by atoms with Crippen molar-refractivity contribution < 1.29 is 4.79 Å². The average Bonchev–Trinajstić information content (AvgIpc) is 2.26. The average molecular weight is 189 g/mol. The van der Waals surface area contributed by atoms with Crippen LogP contribution in [0.5, 0.6) is 0 Å². The number of carbonyl (C=O) groups excluding carboxylic acids is 1. The van der Waals surface area contributed by atoms with E-state index in [1.165, 1.54) is 0 Å². The molecule has 1 rings (SSSR count). The van der Waals surface area contributed by atoms with Gasteiger partial charge in [-0.1, -0.05) is 24.3 Å². The molecule has 1 aromatic carbocycles. The normalized spacial score (nSPS) is 9.50. The highest BCUT2D eigenvalue weighted by atomic mass is 16.2. The fraction of sp³-hybridized carbons (Fsp3) is 0.250. The van der Waals surface area contributed by atoms with Crippen molar-refractivity contribution in [2.45, 2.75) is 6.42 Å². The topological polar surface area (TPSA) is 20.3 Å². The van der Waals surface area contributed by atoms with E-state index in [4.69, 9.17) is 0 Å². The van der Waals surface area contributed by atoms with Gasteiger partial charge in [-0.25, -0.2) is 0 Å². The van der Waals surface area contributed by atoms with Gasteiger partial charge in [-0.15, -0.1) is 6.58 Å². The van der Waals surface area contributed by atoms with Crippen LogP contribution in [0, 0.1) is 0 Å². The number of amides is 1. The van der Waals surface area contributed by atoms with E-state index in [0.29, 0.717) is 0 Å². The number of hydrogen-bond acceptors (Lipinski definition) is 1. The second kappa shape index (κ2) is 5.22. The molecule has 0 aliphatic carbocycles. The highest BCUT2D eigenvalue weighted by Gasteiger charge is 2.08. The largest absolute Gasteiger partial charge is 0.341 e. The Morgan fingerprint density at radius 3 is 2.64 bits per heavy atom. The van der Waals surface area contributed by atoms with Crippen LogP contribution in [0.1, 0.15) is 16.8 Å². The first-order valence-corrected chi connectivity index (χ1v) is 4.67. The van der Waals surface area contributed by atoms with E-state index in [1.54, 1.807) is 11.9 Å². The molecule has 2 nitrogen and oxygen atoms in total. The van der Waals surface area contributed by atoms with Gasteiger partial charge in [0.05, 0.1) is 0 Å². The molecule has 1 aromatic rings. The van der Waals surface area contributed by atoms with Crippen molar-refractivity contribution in [2.75, 3.05) is 13.6 Å². The van der Waals surface area contributed by atoms with Gasteiger partial charge < -0.3 is 4.90 Å². The summed E-state index contributed by atoms with van der Waals surface area (Å²) in [5, 5.41) is 0. The highest BCUT2D eigenvalue weighted by Crippen LogP contribution is 2.03. The molecule has 0 fully saturated rings. The quantitative estimate of drug-likeness (QED) is 0.666. The molecular formula is C12H15NO. The van der Waals surface area contributed by atoms with Gasteiger partial charge in [0.1, 0.15) is 0 Å². The fourth-order valence-corrected chi connectivity index (χ4v) is 1.19. The lowest BCUT2D eigenvalue weighted by Gasteiger charge is -2.15. The summed E-state index contributed by atoms with van der Waals surface area (Å²) in [6.45, 7) is 4.35. The molecule has 0 bridgehead atoms. The van der Waals surface area contributed by atoms with Crippen LogP contribution < -0.4 is 0 Å². The van der Waals surface area contributed by atoms with Gasteiger partial charge in [-0.3, -0.25) is 4.79 Å². The maximum absolute atomic E-state index is 11.7. The van der Waals surface area contributed by atoms with E-state index < -0.39 is 0 Å². The molecule has 2 heteroatoms. The molecule has 0 aliphatic heterocycles. The molecule has 0 aliphatic rings. The lowest BCUT2D eigenvalue weighted by molar-refractivity contribution is 0.0797. The Morgan fingerprint density at radius 1 is 1.43 bits per heavy atom. The van der Waals surface area contributed by atoms with Crippen LogP contribution in [0.25, 0.3) is 0 Å². The summed E-state index contributed by atoms with van der Waals surface area (Å²) in [4.78, 5) is 13.4. The zero-order valence-corrected chi connectivity index (χ0v) is 8.44. The van der Waals surface area contributed by atoms with Crippen molar-refractivity contribution in [1.82, 2.24) is 4.90 Å². The minimum absolute atomic E-state index is 0.0625. The summed E-state index contributed by atoms with van der Waals surface area (Å²) in [5.74, 6) is 0.0625. The summed E-state index contributed by atoms with van der Waals surface area (Å²) in [6, 6.07) is 9.29. The Bertz CT molecular complexity index is 305. The summed E-state index contributed by atoms with van der Waals surface area (Å²) in [7, 11) is 1.80. The first kappa shape index (κ1) is 10.5. The highest BCUT2D eigenvalue weighted by molar-refractivity contribution is 5.93. The SMILES string of the molecule is C=CCCN(C)C(=O)c1ccccc1. The monoisotopic (exact) mass is 189 g/mol. The summed E-state index contributed by atoms with van der Waals surface area (Å²) in [5.41, 5.74) is 0.735. The maximum atomic E-state index is 11.7. The number of carbonyl (C=O) groups is 1. The third kappa shape index (κ3) is 2.73. The molecule has 14 heavy (non-hydrogen) atoms. The third-order valence-corrected chi connectivity index (χ3v) is 2.04. The molecule has 0 spiro atoms. The predicted molar refractivity (Wildman–Crippen MR) is 58.2 cm³/mol. The van der Waals surface area contributed by atoms with Crippen LogP contribution in [0.15, 0.2) is 43.0 Å². The molecule has 0 aromatic heterocycles. The molecule has 0 saturated heterocycles. The van der Waals surface area contributed by atoms with Crippen LogP contribution in [-0.2, 0) is 0 Å². The zero-order valence-electron chi connectivity index (χ0n) is 8.44. The van der Waals surface area contributed by atoms with Gasteiger partial charge in [0.15, 0.2) is 0 Å². The molecule has 74 valence electrons. The van der Waals surface area contributed by atoms with Gasteiger partial charge in [-0.05, 0) is 18.6 Å². The van der Waals surface area contributed by atoms with Gasteiger partial charge in [-0.2, -0.15) is 0 Å². The Morgan fingerprint density at radius 2 is 2.07 bits per heavy atom. The van der Waals surface area contributed by atoms with Gasteiger partial charge >= 0.3 is 0 Å². The van der Waals surface area contributed by atoms with Crippen molar-refractivity contribution >= 4 is 5.91 Å². The lowest BCUT2D eigenvalue weighted by atomic mass is 10.2. The number of benzene rings is 1. The van der Waals surface area contributed by atoms with Gasteiger partial charge in [0, 0.05) is 19.2 Å². The minimum Gasteiger partial charge on any atom is -0.341 e. The van der Waals surface area contributed by atoms with E-state index in [1.807, 2.05) is 36.4 Å². The molecule has 0 N–H and O–H groups in total. The van der Waals surface area contributed by atoms with Gasteiger partial charge in [0.2, 0.25) is 0 Å². The molecular weight excluding hydrogens is 174 g/mol. The smallest absolute Gasteiger partial charge is 0.253 e. The van der Waals surface area contributed by atoms with Crippen molar-refractivity contribution in [3.63, 3.8) is 0 Å². The van der Waals surface area contributed by atoms with Crippen molar-refractivity contribution in [2.24, 2.45) is 0 Å². The zero-order chi connectivity index (χ0) is 10.4. The van der Waals surface area contributed by atoms with Crippen LogP contribution in [0.4, 0.5) is 0 Å². The fourth-order valence-electron chi connectivity index (χ4n) is 1.19. The second-order valence-corrected chi connectivity index (χ2v) is 3.17. The lowest BCUT2D eigenvalue weighted by Crippen LogP contribution is -2.27. The van der Waals surface area contributed by atoms with Crippen LogP contribution in [0.3, 0.4) is 0 Å².